The number of hydrogen-bond donors (Lipinski definition) is 5. The Kier molecular flexibility index (Phi) is 4.87. The molecule has 1 heterocycles. The van der Waals surface area contributed by atoms with Crippen molar-refractivity contribution >= 4 is 0 Å². The Morgan fingerprint density at radius 2 is 1.93 bits per heavy atom. The Hall–Kier alpha value is -0.280. The lowest BCUT2D eigenvalue weighted by molar-refractivity contribution is -0.264. The van der Waals surface area contributed by atoms with E-state index in [0.29, 0.717) is 6.54 Å². The summed E-state index contributed by atoms with van der Waals surface area (Å²) in [5, 5.41) is 27.9. The molecule has 1 saturated heterocycles. The molecule has 0 amide bonds. The highest BCUT2D eigenvalue weighted by Crippen LogP contribution is 2.20. The van der Waals surface area contributed by atoms with Crippen LogP contribution in [-0.4, -0.2) is 65.7 Å². The highest BCUT2D eigenvalue weighted by Gasteiger charge is 2.42. The van der Waals surface area contributed by atoms with E-state index >= 15 is 0 Å². The molecule has 1 rings (SSSR count). The summed E-state index contributed by atoms with van der Waals surface area (Å²) in [6, 6.07) is -0.852. The smallest absolute Gasteiger partial charge is 0.175 e. The Morgan fingerprint density at radius 1 is 1.27 bits per heavy atom. The van der Waals surface area contributed by atoms with Crippen LogP contribution in [0.25, 0.3) is 0 Å². The van der Waals surface area contributed by atoms with Crippen LogP contribution in [0.15, 0.2) is 0 Å². The second kappa shape index (κ2) is 5.71. The number of rotatable bonds is 4. The van der Waals surface area contributed by atoms with Gasteiger partial charge in [-0.3, -0.25) is 0 Å². The third kappa shape index (κ3) is 2.85. The zero-order valence-electron chi connectivity index (χ0n) is 8.32. The summed E-state index contributed by atoms with van der Waals surface area (Å²) in [4.78, 5) is 0. The number of ether oxygens (including phenoxy) is 2. The molecular weight excluding hydrogens is 204 g/mol. The second-order valence-corrected chi connectivity index (χ2v) is 3.44. The van der Waals surface area contributed by atoms with Crippen molar-refractivity contribution in [2.45, 2.75) is 30.6 Å². The third-order valence-electron chi connectivity index (χ3n) is 2.33. The lowest BCUT2D eigenvalue weighted by atomic mass is 9.98. The zero-order valence-corrected chi connectivity index (χ0v) is 8.32. The quantitative estimate of drug-likeness (QED) is 0.337. The van der Waals surface area contributed by atoms with Crippen LogP contribution in [-0.2, 0) is 9.47 Å². The first-order valence-corrected chi connectivity index (χ1v) is 4.81. The van der Waals surface area contributed by atoms with Crippen molar-refractivity contribution in [3.63, 3.8) is 0 Å². The van der Waals surface area contributed by atoms with Crippen molar-refractivity contribution in [1.82, 2.24) is 0 Å². The van der Waals surface area contributed by atoms with Gasteiger partial charge in [-0.05, 0) is 0 Å². The number of hydrogen-bond acceptors (Lipinski definition) is 7. The lowest BCUT2D eigenvalue weighted by Gasteiger charge is -2.40. The summed E-state index contributed by atoms with van der Waals surface area (Å²) in [5.41, 5.74) is 10.8. The fourth-order valence-electron chi connectivity index (χ4n) is 1.44. The fraction of sp³-hybridized carbons (Fsp3) is 1.00. The molecule has 0 spiro atoms. The van der Waals surface area contributed by atoms with Crippen LogP contribution in [0.3, 0.4) is 0 Å². The first kappa shape index (κ1) is 12.8. The molecule has 1 aliphatic rings. The lowest BCUT2D eigenvalue weighted by Crippen LogP contribution is -2.62. The maximum atomic E-state index is 9.54. The molecule has 0 aliphatic carbocycles. The molecule has 7 N–H and O–H groups in total. The predicted molar refractivity (Wildman–Crippen MR) is 50.7 cm³/mol. The van der Waals surface area contributed by atoms with Crippen LogP contribution in [0.1, 0.15) is 0 Å². The van der Waals surface area contributed by atoms with Crippen LogP contribution in [0, 0.1) is 0 Å². The number of aliphatic hydroxyl groups is 3. The number of aliphatic hydroxyl groups excluding tert-OH is 3. The molecule has 7 heteroatoms. The van der Waals surface area contributed by atoms with Gasteiger partial charge < -0.3 is 36.3 Å². The summed E-state index contributed by atoms with van der Waals surface area (Å²) >= 11 is 0. The minimum Gasteiger partial charge on any atom is -0.394 e. The van der Waals surface area contributed by atoms with E-state index in [1.165, 1.54) is 0 Å². The van der Waals surface area contributed by atoms with Gasteiger partial charge in [0, 0.05) is 6.54 Å². The summed E-state index contributed by atoms with van der Waals surface area (Å²) in [6.07, 6.45) is -4.13. The average Bonchev–Trinajstić information content (AvgIpc) is 2.25. The largest absolute Gasteiger partial charge is 0.394 e. The molecule has 1 aliphatic heterocycles. The van der Waals surface area contributed by atoms with Gasteiger partial charge in [-0.15, -0.1) is 0 Å². The molecule has 0 aromatic carbocycles. The first-order valence-electron chi connectivity index (χ1n) is 4.81. The Bertz CT molecular complexity index is 192. The van der Waals surface area contributed by atoms with Crippen LogP contribution >= 0.6 is 0 Å². The normalized spacial score (nSPS) is 41.8. The molecule has 90 valence electrons. The molecule has 1 fully saturated rings. The van der Waals surface area contributed by atoms with E-state index in [9.17, 15) is 10.2 Å². The zero-order chi connectivity index (χ0) is 11.4. The van der Waals surface area contributed by atoms with E-state index in [1.807, 2.05) is 0 Å². The second-order valence-electron chi connectivity index (χ2n) is 3.44. The molecule has 0 aromatic heterocycles. The highest BCUT2D eigenvalue weighted by molar-refractivity contribution is 4.91. The average molecular weight is 222 g/mol. The predicted octanol–water partition coefficient (Wildman–Crippen LogP) is -3.27. The van der Waals surface area contributed by atoms with Gasteiger partial charge in [0.25, 0.3) is 0 Å². The fourth-order valence-corrected chi connectivity index (χ4v) is 1.44. The van der Waals surface area contributed by atoms with E-state index in [1.54, 1.807) is 0 Å². The summed E-state index contributed by atoms with van der Waals surface area (Å²) < 4.78 is 10.3. The van der Waals surface area contributed by atoms with E-state index in [4.69, 9.17) is 26.0 Å². The molecule has 0 saturated carbocycles. The number of nitrogens with two attached hydrogens (primary N) is 2. The van der Waals surface area contributed by atoms with Gasteiger partial charge in [-0.25, -0.2) is 0 Å². The molecule has 2 unspecified atom stereocenters. The van der Waals surface area contributed by atoms with Gasteiger partial charge in [-0.1, -0.05) is 0 Å². The molecule has 7 nitrogen and oxygen atoms in total. The van der Waals surface area contributed by atoms with Crippen molar-refractivity contribution < 1.29 is 24.8 Å². The van der Waals surface area contributed by atoms with Crippen molar-refractivity contribution in [3.8, 4) is 0 Å². The molecule has 15 heavy (non-hydrogen) atoms. The summed E-state index contributed by atoms with van der Waals surface area (Å²) in [6.45, 7) is 0.127. The summed E-state index contributed by atoms with van der Waals surface area (Å²) in [7, 11) is 0. The van der Waals surface area contributed by atoms with Crippen molar-refractivity contribution in [2.75, 3.05) is 19.8 Å². The van der Waals surface area contributed by atoms with Gasteiger partial charge >= 0.3 is 0 Å². The van der Waals surface area contributed by atoms with Crippen molar-refractivity contribution in [2.24, 2.45) is 11.5 Å². The van der Waals surface area contributed by atoms with Crippen LogP contribution in [0.2, 0.25) is 0 Å². The third-order valence-corrected chi connectivity index (χ3v) is 2.33. The minimum absolute atomic E-state index is 0.235. The first-order chi connectivity index (χ1) is 7.11. The van der Waals surface area contributed by atoms with Crippen LogP contribution in [0.5, 0.6) is 0 Å². The van der Waals surface area contributed by atoms with Crippen LogP contribution < -0.4 is 11.5 Å². The molecule has 0 radical (unpaired) electrons. The Labute approximate surface area is 87.6 Å². The molecule has 5 atom stereocenters. The van der Waals surface area contributed by atoms with E-state index in [2.05, 4.69) is 0 Å². The van der Waals surface area contributed by atoms with Gasteiger partial charge in [0.2, 0.25) is 0 Å². The molecule has 0 aromatic rings. The topological polar surface area (TPSA) is 131 Å². The Morgan fingerprint density at radius 3 is 2.47 bits per heavy atom. The van der Waals surface area contributed by atoms with E-state index in [0.717, 1.165) is 0 Å². The standard InChI is InChI=1S/C8H18N2O5/c9-1-2-14-8-5(10)7(13)6(12)4(3-11)15-8/h4-8,11-13H,1-3,9-10H2/t4?,5-,6-,7?,8+/m0/s1. The van der Waals surface area contributed by atoms with Crippen molar-refractivity contribution in [1.29, 1.82) is 0 Å². The van der Waals surface area contributed by atoms with Gasteiger partial charge in [0.1, 0.15) is 18.3 Å². The van der Waals surface area contributed by atoms with Crippen molar-refractivity contribution in [3.05, 3.63) is 0 Å². The van der Waals surface area contributed by atoms with Crippen LogP contribution in [0.4, 0.5) is 0 Å². The van der Waals surface area contributed by atoms with Gasteiger partial charge in [0.05, 0.1) is 19.3 Å². The molecule has 0 bridgehead atoms. The van der Waals surface area contributed by atoms with E-state index < -0.39 is 37.3 Å². The molecular formula is C8H18N2O5. The van der Waals surface area contributed by atoms with Gasteiger partial charge in [-0.2, -0.15) is 0 Å². The minimum atomic E-state index is -1.21. The van der Waals surface area contributed by atoms with Gasteiger partial charge in [0.15, 0.2) is 6.29 Å². The maximum Gasteiger partial charge on any atom is 0.175 e. The summed E-state index contributed by atoms with van der Waals surface area (Å²) in [5.74, 6) is 0. The highest BCUT2D eigenvalue weighted by atomic mass is 16.7. The monoisotopic (exact) mass is 222 g/mol. The Balaban J connectivity index is 2.57. The maximum absolute atomic E-state index is 9.54. The van der Waals surface area contributed by atoms with E-state index in [-0.39, 0.29) is 6.61 Å². The SMILES string of the molecule is NCCO[C@@H]1OC(CO)[C@H](O)C(O)[C@@H]1N.